The normalized spacial score (nSPS) is 12.0. The first-order valence-corrected chi connectivity index (χ1v) is 14.6. The van der Waals surface area contributed by atoms with E-state index in [4.69, 9.17) is 0 Å². The molecule has 3 aromatic carbocycles. The number of hydrogen-bond acceptors (Lipinski definition) is 4. The number of sulfonamides is 1. The topological polar surface area (TPSA) is 86.8 Å². The summed E-state index contributed by atoms with van der Waals surface area (Å²) in [4.78, 5) is 29.0. The van der Waals surface area contributed by atoms with E-state index >= 15 is 0 Å². The lowest BCUT2D eigenvalue weighted by molar-refractivity contribution is -0.140. The maximum atomic E-state index is 14.0. The molecule has 1 atom stereocenters. The number of nitrogens with zero attached hydrogens (tertiary/aromatic N) is 2. The Labute approximate surface area is 226 Å². The van der Waals surface area contributed by atoms with Crippen molar-refractivity contribution in [3.63, 3.8) is 0 Å². The molecule has 0 aliphatic heterocycles. The van der Waals surface area contributed by atoms with E-state index in [0.717, 1.165) is 39.2 Å². The van der Waals surface area contributed by atoms with Crippen LogP contribution < -0.4 is 9.62 Å². The Bertz CT molecular complexity index is 1330. The van der Waals surface area contributed by atoms with Gasteiger partial charge in [-0.3, -0.25) is 13.9 Å². The van der Waals surface area contributed by atoms with Crippen LogP contribution in [0.4, 0.5) is 5.69 Å². The predicted molar refractivity (Wildman–Crippen MR) is 152 cm³/mol. The second-order valence-corrected chi connectivity index (χ2v) is 11.5. The second-order valence-electron chi connectivity index (χ2n) is 9.61. The summed E-state index contributed by atoms with van der Waals surface area (Å²) >= 11 is 0. The molecule has 0 aliphatic rings. The summed E-state index contributed by atoms with van der Waals surface area (Å²) in [7, 11) is -3.77. The molecule has 0 saturated carbocycles. The first-order chi connectivity index (χ1) is 18.1. The zero-order valence-corrected chi connectivity index (χ0v) is 23.4. The van der Waals surface area contributed by atoms with Crippen LogP contribution in [0.2, 0.25) is 0 Å². The summed E-state index contributed by atoms with van der Waals surface area (Å²) in [5.41, 5.74) is 4.18. The molecule has 0 saturated heterocycles. The summed E-state index contributed by atoms with van der Waals surface area (Å²) in [6.07, 6.45) is 2.14. The van der Waals surface area contributed by atoms with Gasteiger partial charge in [-0.15, -0.1) is 0 Å². The number of carbonyl (C=O) groups is 2. The molecule has 0 bridgehead atoms. The quantitative estimate of drug-likeness (QED) is 0.376. The van der Waals surface area contributed by atoms with Gasteiger partial charge in [0.1, 0.15) is 12.6 Å². The molecule has 38 heavy (non-hydrogen) atoms. The molecule has 7 nitrogen and oxygen atoms in total. The van der Waals surface area contributed by atoms with Gasteiger partial charge in [-0.1, -0.05) is 84.8 Å². The third kappa shape index (κ3) is 8.18. The van der Waals surface area contributed by atoms with Crippen LogP contribution in [-0.4, -0.2) is 50.5 Å². The van der Waals surface area contributed by atoms with Crippen LogP contribution in [0.15, 0.2) is 78.9 Å². The molecule has 3 rings (SSSR count). The minimum atomic E-state index is -3.77. The van der Waals surface area contributed by atoms with Crippen molar-refractivity contribution in [2.45, 2.75) is 46.2 Å². The van der Waals surface area contributed by atoms with Gasteiger partial charge in [0, 0.05) is 19.5 Å². The third-order valence-corrected chi connectivity index (χ3v) is 7.40. The largest absolute Gasteiger partial charge is 0.354 e. The van der Waals surface area contributed by atoms with Crippen LogP contribution in [0.5, 0.6) is 0 Å². The van der Waals surface area contributed by atoms with Gasteiger partial charge in [0.15, 0.2) is 0 Å². The molecule has 8 heteroatoms. The fourth-order valence-electron chi connectivity index (χ4n) is 4.25. The molecule has 0 aliphatic carbocycles. The molecule has 0 unspecified atom stereocenters. The zero-order valence-electron chi connectivity index (χ0n) is 22.6. The monoisotopic (exact) mass is 535 g/mol. The smallest absolute Gasteiger partial charge is 0.244 e. The average molecular weight is 536 g/mol. The molecule has 0 radical (unpaired) electrons. The number of carbonyl (C=O) groups excluding carboxylic acids is 2. The van der Waals surface area contributed by atoms with Crippen LogP contribution in [0.25, 0.3) is 0 Å². The second kappa shape index (κ2) is 13.2. The molecule has 3 aromatic rings. The Morgan fingerprint density at radius 2 is 1.53 bits per heavy atom. The van der Waals surface area contributed by atoms with Crippen molar-refractivity contribution in [2.24, 2.45) is 0 Å². The standard InChI is InChI=1S/C30H37N3O4S/c1-5-18-31-30(35)28(20-25-11-7-6-8-12-25)32(21-26-13-9-10-24(3)19-26)29(34)22-33(38(4,36)37)27-16-14-23(2)15-17-27/h6-17,19,28H,5,18,20-22H2,1-4H3,(H,31,35)/t28-/m0/s1. The van der Waals surface area contributed by atoms with Gasteiger partial charge in [0.2, 0.25) is 21.8 Å². The lowest BCUT2D eigenvalue weighted by Gasteiger charge is -2.33. The van der Waals surface area contributed by atoms with Gasteiger partial charge in [-0.25, -0.2) is 8.42 Å². The van der Waals surface area contributed by atoms with Crippen LogP contribution in [0.1, 0.15) is 35.6 Å². The van der Waals surface area contributed by atoms with Crippen molar-refractivity contribution >= 4 is 27.5 Å². The Kier molecular flexibility index (Phi) is 10.1. The molecule has 202 valence electrons. The molecule has 0 aromatic heterocycles. The lowest BCUT2D eigenvalue weighted by Crippen LogP contribution is -2.53. The van der Waals surface area contributed by atoms with Crippen molar-refractivity contribution in [1.29, 1.82) is 0 Å². The molecule has 0 heterocycles. The Morgan fingerprint density at radius 3 is 2.13 bits per heavy atom. The Hall–Kier alpha value is -3.65. The van der Waals surface area contributed by atoms with Gasteiger partial charge in [0.05, 0.1) is 11.9 Å². The van der Waals surface area contributed by atoms with E-state index in [0.29, 0.717) is 18.7 Å². The highest BCUT2D eigenvalue weighted by molar-refractivity contribution is 7.92. The van der Waals surface area contributed by atoms with Crippen molar-refractivity contribution < 1.29 is 18.0 Å². The van der Waals surface area contributed by atoms with Gasteiger partial charge in [-0.05, 0) is 43.5 Å². The van der Waals surface area contributed by atoms with Crippen molar-refractivity contribution in [1.82, 2.24) is 10.2 Å². The fourth-order valence-corrected chi connectivity index (χ4v) is 5.10. The highest BCUT2D eigenvalue weighted by Gasteiger charge is 2.32. The van der Waals surface area contributed by atoms with E-state index in [1.54, 1.807) is 24.3 Å². The number of aryl methyl sites for hydroxylation is 2. The predicted octanol–water partition coefficient (Wildman–Crippen LogP) is 4.24. The van der Waals surface area contributed by atoms with Gasteiger partial charge in [0.25, 0.3) is 0 Å². The third-order valence-electron chi connectivity index (χ3n) is 6.26. The minimum Gasteiger partial charge on any atom is -0.354 e. The molecular weight excluding hydrogens is 498 g/mol. The van der Waals surface area contributed by atoms with Crippen molar-refractivity contribution in [3.8, 4) is 0 Å². The Balaban J connectivity index is 2.03. The van der Waals surface area contributed by atoms with Crippen LogP contribution in [0, 0.1) is 13.8 Å². The molecule has 2 amide bonds. The van der Waals surface area contributed by atoms with Crippen molar-refractivity contribution in [2.75, 3.05) is 23.7 Å². The van der Waals surface area contributed by atoms with E-state index in [1.165, 1.54) is 4.90 Å². The number of hydrogen-bond donors (Lipinski definition) is 1. The van der Waals surface area contributed by atoms with Gasteiger partial charge < -0.3 is 10.2 Å². The number of anilines is 1. The van der Waals surface area contributed by atoms with Crippen molar-refractivity contribution in [3.05, 3.63) is 101 Å². The molecule has 0 spiro atoms. The maximum Gasteiger partial charge on any atom is 0.244 e. The Morgan fingerprint density at radius 1 is 0.868 bits per heavy atom. The molecule has 0 fully saturated rings. The summed E-state index contributed by atoms with van der Waals surface area (Å²) < 4.78 is 26.7. The van der Waals surface area contributed by atoms with Crippen LogP contribution in [0.3, 0.4) is 0 Å². The van der Waals surface area contributed by atoms with E-state index in [2.05, 4.69) is 5.32 Å². The number of rotatable bonds is 12. The number of amides is 2. The SMILES string of the molecule is CCCNC(=O)[C@H](Cc1ccccc1)N(Cc1cccc(C)c1)C(=O)CN(c1ccc(C)cc1)S(C)(=O)=O. The number of benzene rings is 3. The minimum absolute atomic E-state index is 0.170. The lowest BCUT2D eigenvalue weighted by atomic mass is 10.0. The van der Waals surface area contributed by atoms with Crippen LogP contribution >= 0.6 is 0 Å². The molecule has 1 N–H and O–H groups in total. The number of nitrogens with one attached hydrogen (secondary N) is 1. The highest BCUT2D eigenvalue weighted by atomic mass is 32.2. The van der Waals surface area contributed by atoms with Gasteiger partial charge in [-0.2, -0.15) is 0 Å². The maximum absolute atomic E-state index is 14.0. The first-order valence-electron chi connectivity index (χ1n) is 12.8. The summed E-state index contributed by atoms with van der Waals surface area (Å²) in [6, 6.07) is 23.4. The summed E-state index contributed by atoms with van der Waals surface area (Å²) in [5.74, 6) is -0.719. The van der Waals surface area contributed by atoms with E-state index in [-0.39, 0.29) is 12.5 Å². The van der Waals surface area contributed by atoms with E-state index in [9.17, 15) is 18.0 Å². The fraction of sp³-hybridized carbons (Fsp3) is 0.333. The average Bonchev–Trinajstić information content (AvgIpc) is 2.88. The zero-order chi connectivity index (χ0) is 27.7. The van der Waals surface area contributed by atoms with Gasteiger partial charge >= 0.3 is 0 Å². The summed E-state index contributed by atoms with van der Waals surface area (Å²) in [5, 5.41) is 2.94. The van der Waals surface area contributed by atoms with E-state index < -0.39 is 28.5 Å². The highest BCUT2D eigenvalue weighted by Crippen LogP contribution is 2.21. The molecular formula is C30H37N3O4S. The van der Waals surface area contributed by atoms with E-state index in [1.807, 2.05) is 75.4 Å². The van der Waals surface area contributed by atoms with Crippen LogP contribution in [-0.2, 0) is 32.6 Å². The summed E-state index contributed by atoms with van der Waals surface area (Å²) in [6.45, 7) is 6.08. The first kappa shape index (κ1) is 28.9.